The Labute approximate surface area is 176 Å². The van der Waals surface area contributed by atoms with Crippen LogP contribution in [0.3, 0.4) is 0 Å². The summed E-state index contributed by atoms with van der Waals surface area (Å²) in [7, 11) is 0. The lowest BCUT2D eigenvalue weighted by molar-refractivity contribution is -0.137. The van der Waals surface area contributed by atoms with Crippen molar-refractivity contribution >= 4 is 5.97 Å². The van der Waals surface area contributed by atoms with Gasteiger partial charge in [-0.3, -0.25) is 4.79 Å². The molecule has 1 N–H and O–H groups in total. The Morgan fingerprint density at radius 1 is 0.759 bits per heavy atom. The first-order chi connectivity index (χ1) is 14.2. The van der Waals surface area contributed by atoms with Crippen molar-refractivity contribution in [2.75, 3.05) is 0 Å². The molecular weight excluding hydrogens is 368 g/mol. The van der Waals surface area contributed by atoms with Crippen LogP contribution in [0, 0.1) is 0 Å². The Hall–Kier alpha value is -0.910. The lowest BCUT2D eigenvalue weighted by atomic mass is 10.0. The Morgan fingerprint density at radius 3 is 2.07 bits per heavy atom. The van der Waals surface area contributed by atoms with E-state index in [9.17, 15) is 4.79 Å². The second-order valence-corrected chi connectivity index (χ2v) is 9.01. The van der Waals surface area contributed by atoms with Crippen LogP contribution in [0.2, 0.25) is 0 Å². The van der Waals surface area contributed by atoms with Crippen LogP contribution in [0.1, 0.15) is 96.8 Å². The molecule has 3 fully saturated rings. The average molecular weight is 409 g/mol. The van der Waals surface area contributed by atoms with E-state index in [1.807, 2.05) is 0 Å². The predicted molar refractivity (Wildman–Crippen MR) is 113 cm³/mol. The number of carboxylic acid groups (broad SMARTS) is 1. The molecule has 0 spiro atoms. The lowest BCUT2D eigenvalue weighted by Gasteiger charge is -1.99. The minimum atomic E-state index is -0.719. The molecule has 0 bridgehead atoms. The molecule has 0 aromatic heterocycles. The van der Waals surface area contributed by atoms with Crippen molar-refractivity contribution in [2.45, 2.75) is 133 Å². The Kier molecular flexibility index (Phi) is 9.47. The maximum absolute atomic E-state index is 10.5. The fraction of sp³-hybridized carbons (Fsp3) is 0.875. The maximum atomic E-state index is 10.5. The minimum absolute atomic E-state index is 0.248. The molecule has 3 rings (SSSR count). The quantitative estimate of drug-likeness (QED) is 0.186. The van der Waals surface area contributed by atoms with Gasteiger partial charge in [-0.15, -0.1) is 0 Å². The van der Waals surface area contributed by atoms with E-state index in [2.05, 4.69) is 19.1 Å². The molecule has 3 heterocycles. The smallest absolute Gasteiger partial charge is 0.303 e. The van der Waals surface area contributed by atoms with Crippen LogP contribution >= 0.6 is 0 Å². The highest BCUT2D eigenvalue weighted by molar-refractivity contribution is 5.66. The van der Waals surface area contributed by atoms with Crippen molar-refractivity contribution in [3.63, 3.8) is 0 Å². The number of carboxylic acids is 1. The summed E-state index contributed by atoms with van der Waals surface area (Å²) in [6.07, 6.45) is 22.1. The molecule has 3 aliphatic heterocycles. The molecule has 0 aromatic carbocycles. The minimum Gasteiger partial charge on any atom is -0.481 e. The number of unbranched alkanes of at least 4 members (excludes halogenated alkanes) is 7. The maximum Gasteiger partial charge on any atom is 0.303 e. The summed E-state index contributed by atoms with van der Waals surface area (Å²) in [6, 6.07) is 0. The molecule has 29 heavy (non-hydrogen) atoms. The van der Waals surface area contributed by atoms with Crippen molar-refractivity contribution in [1.29, 1.82) is 0 Å². The van der Waals surface area contributed by atoms with Gasteiger partial charge in [0.05, 0.1) is 36.6 Å². The third-order valence-electron chi connectivity index (χ3n) is 6.38. The van der Waals surface area contributed by atoms with Crippen LogP contribution < -0.4 is 0 Å². The number of hydrogen-bond acceptors (Lipinski definition) is 4. The Balaban J connectivity index is 1.12. The normalized spacial score (nSPS) is 32.6. The summed E-state index contributed by atoms with van der Waals surface area (Å²) in [5.74, 6) is -0.719. The van der Waals surface area contributed by atoms with E-state index in [1.54, 1.807) is 0 Å². The van der Waals surface area contributed by atoms with E-state index in [0.29, 0.717) is 43.0 Å². The molecule has 3 saturated heterocycles. The van der Waals surface area contributed by atoms with E-state index in [1.165, 1.54) is 51.4 Å². The van der Waals surface area contributed by atoms with Gasteiger partial charge in [-0.05, 0) is 25.7 Å². The van der Waals surface area contributed by atoms with E-state index < -0.39 is 5.97 Å². The number of epoxide rings is 3. The van der Waals surface area contributed by atoms with E-state index in [-0.39, 0.29) is 6.42 Å². The summed E-state index contributed by atoms with van der Waals surface area (Å²) in [5.41, 5.74) is 0. The van der Waals surface area contributed by atoms with Crippen molar-refractivity contribution in [3.8, 4) is 0 Å². The van der Waals surface area contributed by atoms with Gasteiger partial charge in [-0.25, -0.2) is 0 Å². The largest absolute Gasteiger partial charge is 0.481 e. The van der Waals surface area contributed by atoms with Gasteiger partial charge in [-0.1, -0.05) is 64.0 Å². The monoisotopic (exact) mass is 408 g/mol. The van der Waals surface area contributed by atoms with Crippen LogP contribution in [0.15, 0.2) is 12.2 Å². The Morgan fingerprint density at radius 2 is 1.34 bits per heavy atom. The van der Waals surface area contributed by atoms with Crippen molar-refractivity contribution in [1.82, 2.24) is 0 Å². The third-order valence-corrected chi connectivity index (χ3v) is 6.38. The third kappa shape index (κ3) is 9.18. The fourth-order valence-corrected chi connectivity index (χ4v) is 4.31. The molecule has 0 amide bonds. The highest BCUT2D eigenvalue weighted by Crippen LogP contribution is 2.42. The van der Waals surface area contributed by atoms with Gasteiger partial charge < -0.3 is 19.3 Å². The SMILES string of the molecule is CCCCCCCCCC1OC1CC1OC1CC1OC1C/C=C/CCCC(=O)O. The summed E-state index contributed by atoms with van der Waals surface area (Å²) < 4.78 is 17.4. The van der Waals surface area contributed by atoms with Gasteiger partial charge >= 0.3 is 5.97 Å². The van der Waals surface area contributed by atoms with Gasteiger partial charge in [0.15, 0.2) is 0 Å². The molecule has 6 atom stereocenters. The predicted octanol–water partition coefficient (Wildman–Crippen LogP) is 5.41. The van der Waals surface area contributed by atoms with E-state index in [0.717, 1.165) is 25.7 Å². The van der Waals surface area contributed by atoms with Crippen molar-refractivity contribution < 1.29 is 24.1 Å². The number of aliphatic carboxylic acids is 1. The van der Waals surface area contributed by atoms with Gasteiger partial charge in [0.2, 0.25) is 0 Å². The van der Waals surface area contributed by atoms with Crippen LogP contribution in [0.4, 0.5) is 0 Å². The van der Waals surface area contributed by atoms with Gasteiger partial charge in [0.1, 0.15) is 0 Å². The molecule has 0 aromatic rings. The topological polar surface area (TPSA) is 74.9 Å². The average Bonchev–Trinajstić information content (AvgIpc) is 3.60. The molecule has 5 heteroatoms. The van der Waals surface area contributed by atoms with Crippen LogP contribution in [0.5, 0.6) is 0 Å². The number of ether oxygens (including phenoxy) is 3. The molecule has 5 nitrogen and oxygen atoms in total. The molecule has 6 unspecified atom stereocenters. The first-order valence-corrected chi connectivity index (χ1v) is 12.0. The van der Waals surface area contributed by atoms with E-state index >= 15 is 0 Å². The summed E-state index contributed by atoms with van der Waals surface area (Å²) >= 11 is 0. The van der Waals surface area contributed by atoms with Gasteiger partial charge in [0.25, 0.3) is 0 Å². The summed E-state index contributed by atoms with van der Waals surface area (Å²) in [4.78, 5) is 10.5. The highest BCUT2D eigenvalue weighted by Gasteiger charge is 2.51. The second kappa shape index (κ2) is 12.1. The summed E-state index contributed by atoms with van der Waals surface area (Å²) in [5, 5.41) is 8.60. The van der Waals surface area contributed by atoms with Gasteiger partial charge in [0, 0.05) is 19.3 Å². The van der Waals surface area contributed by atoms with Crippen molar-refractivity contribution in [3.05, 3.63) is 12.2 Å². The first kappa shape index (κ1) is 22.8. The Bertz CT molecular complexity index is 519. The number of hydrogen-bond donors (Lipinski definition) is 1. The van der Waals surface area contributed by atoms with Gasteiger partial charge in [-0.2, -0.15) is 0 Å². The molecule has 0 aliphatic carbocycles. The standard InChI is InChI=1S/C24H40O5/c1-2-3-4-5-6-7-10-13-18-20(27-18)16-22-23(29-22)17-21-19(28-21)14-11-8-9-12-15-24(25)26/h8,11,18-23H,2-7,9-10,12-17H2,1H3,(H,25,26)/b11-8+. The molecule has 166 valence electrons. The summed E-state index contributed by atoms with van der Waals surface area (Å²) in [6.45, 7) is 2.27. The number of allylic oxidation sites excluding steroid dienone is 1. The molecule has 3 aliphatic rings. The lowest BCUT2D eigenvalue weighted by Crippen LogP contribution is -2.05. The zero-order valence-electron chi connectivity index (χ0n) is 18.1. The molecule has 0 saturated carbocycles. The van der Waals surface area contributed by atoms with E-state index in [4.69, 9.17) is 19.3 Å². The zero-order valence-corrected chi connectivity index (χ0v) is 18.1. The van der Waals surface area contributed by atoms with Crippen LogP contribution in [0.25, 0.3) is 0 Å². The molecule has 0 radical (unpaired) electrons. The molecular formula is C24H40O5. The van der Waals surface area contributed by atoms with Crippen LogP contribution in [-0.4, -0.2) is 47.7 Å². The second-order valence-electron chi connectivity index (χ2n) is 9.01. The first-order valence-electron chi connectivity index (χ1n) is 12.0. The van der Waals surface area contributed by atoms with Crippen molar-refractivity contribution in [2.24, 2.45) is 0 Å². The van der Waals surface area contributed by atoms with Crippen LogP contribution in [-0.2, 0) is 19.0 Å². The highest BCUT2D eigenvalue weighted by atomic mass is 16.6. The zero-order chi connectivity index (χ0) is 20.5. The number of rotatable bonds is 18. The number of carbonyl (C=O) groups is 1. The fourth-order valence-electron chi connectivity index (χ4n) is 4.31.